The summed E-state index contributed by atoms with van der Waals surface area (Å²) in [7, 11) is -3.90. The van der Waals surface area contributed by atoms with Crippen LogP contribution in [0.5, 0.6) is 0 Å². The molecule has 0 unspecified atom stereocenters. The molecule has 0 atom stereocenters. The summed E-state index contributed by atoms with van der Waals surface area (Å²) >= 11 is 0. The summed E-state index contributed by atoms with van der Waals surface area (Å²) in [5.74, 6) is -0.703. The highest BCUT2D eigenvalue weighted by molar-refractivity contribution is 7.87. The van der Waals surface area contributed by atoms with Gasteiger partial charge in [-0.2, -0.15) is 18.0 Å². The van der Waals surface area contributed by atoms with Crippen molar-refractivity contribution in [3.8, 4) is 6.07 Å². The highest BCUT2D eigenvalue weighted by Gasteiger charge is 2.28. The summed E-state index contributed by atoms with van der Waals surface area (Å²) in [5, 5.41) is 8.78. The standard InChI is InChI=1S/C19H20N4O3S/c20-14-16-6-8-18(9-7-16)19(24)21-27(25,26)23-12-10-22(11-13-23)15-17-4-2-1-3-5-17/h1-9H,10-13,15H2,(H,21,24). The first-order valence-corrected chi connectivity index (χ1v) is 10.0. The molecule has 0 saturated carbocycles. The van der Waals surface area contributed by atoms with Crippen molar-refractivity contribution in [2.75, 3.05) is 26.2 Å². The third-order valence-electron chi connectivity index (χ3n) is 4.42. The van der Waals surface area contributed by atoms with Crippen LogP contribution in [0.2, 0.25) is 0 Å². The third kappa shape index (κ3) is 4.92. The lowest BCUT2D eigenvalue weighted by Crippen LogP contribution is -2.52. The molecule has 1 fully saturated rings. The predicted molar refractivity (Wildman–Crippen MR) is 101 cm³/mol. The molecule has 140 valence electrons. The zero-order chi connectivity index (χ0) is 19.3. The summed E-state index contributed by atoms with van der Waals surface area (Å²) < 4.78 is 28.4. The van der Waals surface area contributed by atoms with E-state index in [0.29, 0.717) is 31.7 Å². The van der Waals surface area contributed by atoms with Crippen LogP contribution in [0.15, 0.2) is 54.6 Å². The number of rotatable bonds is 5. The molecule has 3 rings (SSSR count). The maximum Gasteiger partial charge on any atom is 0.304 e. The van der Waals surface area contributed by atoms with Crippen LogP contribution < -0.4 is 4.72 Å². The van der Waals surface area contributed by atoms with Crippen molar-refractivity contribution in [3.63, 3.8) is 0 Å². The van der Waals surface area contributed by atoms with Crippen molar-refractivity contribution in [1.82, 2.24) is 13.9 Å². The minimum absolute atomic E-state index is 0.195. The average Bonchev–Trinajstić information content (AvgIpc) is 2.69. The zero-order valence-electron chi connectivity index (χ0n) is 14.7. The van der Waals surface area contributed by atoms with Gasteiger partial charge < -0.3 is 0 Å². The largest absolute Gasteiger partial charge is 0.304 e. The van der Waals surface area contributed by atoms with Crippen molar-refractivity contribution in [1.29, 1.82) is 5.26 Å². The lowest BCUT2D eigenvalue weighted by Gasteiger charge is -2.33. The second-order valence-corrected chi connectivity index (χ2v) is 7.96. The van der Waals surface area contributed by atoms with E-state index in [-0.39, 0.29) is 5.56 Å². The first-order chi connectivity index (χ1) is 13.0. The number of piperazine rings is 1. The van der Waals surface area contributed by atoms with Crippen molar-refractivity contribution in [2.24, 2.45) is 0 Å². The van der Waals surface area contributed by atoms with Crippen molar-refractivity contribution in [2.45, 2.75) is 6.54 Å². The van der Waals surface area contributed by atoms with E-state index in [1.165, 1.54) is 34.1 Å². The van der Waals surface area contributed by atoms with E-state index < -0.39 is 16.1 Å². The fraction of sp³-hybridized carbons (Fsp3) is 0.263. The zero-order valence-corrected chi connectivity index (χ0v) is 15.5. The molecular formula is C19H20N4O3S. The van der Waals surface area contributed by atoms with Crippen molar-refractivity contribution < 1.29 is 13.2 Å². The number of hydrogen-bond acceptors (Lipinski definition) is 5. The Hall–Kier alpha value is -2.73. The van der Waals surface area contributed by atoms with Gasteiger partial charge in [-0.3, -0.25) is 9.69 Å². The van der Waals surface area contributed by atoms with Crippen molar-refractivity contribution >= 4 is 16.1 Å². The molecule has 2 aromatic rings. The quantitative estimate of drug-likeness (QED) is 0.840. The molecule has 0 aromatic heterocycles. The van der Waals surface area contributed by atoms with E-state index in [1.807, 2.05) is 36.4 Å². The first kappa shape index (κ1) is 19.0. The van der Waals surface area contributed by atoms with E-state index in [1.54, 1.807) is 0 Å². The van der Waals surface area contributed by atoms with Gasteiger partial charge in [0.1, 0.15) is 0 Å². The van der Waals surface area contributed by atoms with Gasteiger partial charge in [0.25, 0.3) is 5.91 Å². The molecule has 0 bridgehead atoms. The van der Waals surface area contributed by atoms with Crippen LogP contribution in [0, 0.1) is 11.3 Å². The van der Waals surface area contributed by atoms with Crippen LogP contribution in [0.4, 0.5) is 0 Å². The molecule has 27 heavy (non-hydrogen) atoms. The Morgan fingerprint density at radius 3 is 2.22 bits per heavy atom. The van der Waals surface area contributed by atoms with Gasteiger partial charge in [0.15, 0.2) is 0 Å². The van der Waals surface area contributed by atoms with E-state index in [0.717, 1.165) is 6.54 Å². The van der Waals surface area contributed by atoms with E-state index >= 15 is 0 Å². The smallest absolute Gasteiger partial charge is 0.296 e. The van der Waals surface area contributed by atoms with Crippen LogP contribution in [-0.2, 0) is 16.8 Å². The Bertz CT molecular complexity index is 929. The normalized spacial score (nSPS) is 15.8. The van der Waals surface area contributed by atoms with Crippen molar-refractivity contribution in [3.05, 3.63) is 71.3 Å². The minimum Gasteiger partial charge on any atom is -0.296 e. The summed E-state index contributed by atoms with van der Waals surface area (Å²) in [6.07, 6.45) is 0. The van der Waals surface area contributed by atoms with Gasteiger partial charge in [0.05, 0.1) is 11.6 Å². The molecule has 1 aliphatic rings. The number of nitrogens with zero attached hydrogens (tertiary/aromatic N) is 3. The molecule has 1 N–H and O–H groups in total. The molecule has 1 aliphatic heterocycles. The number of benzene rings is 2. The minimum atomic E-state index is -3.90. The summed E-state index contributed by atoms with van der Waals surface area (Å²) in [4.78, 5) is 14.4. The SMILES string of the molecule is N#Cc1ccc(C(=O)NS(=O)(=O)N2CCN(Cc3ccccc3)CC2)cc1. The van der Waals surface area contributed by atoms with Crippen LogP contribution in [0.3, 0.4) is 0 Å². The molecule has 2 aromatic carbocycles. The maximum absolute atomic E-state index is 12.5. The summed E-state index contributed by atoms with van der Waals surface area (Å²) in [6.45, 7) is 2.61. The van der Waals surface area contributed by atoms with Gasteiger partial charge in [0.2, 0.25) is 0 Å². The Kier molecular flexibility index (Phi) is 5.86. The summed E-state index contributed by atoms with van der Waals surface area (Å²) in [6, 6.07) is 17.8. The molecule has 1 saturated heterocycles. The second-order valence-electron chi connectivity index (χ2n) is 6.29. The van der Waals surface area contributed by atoms with Gasteiger partial charge in [-0.1, -0.05) is 30.3 Å². The molecular weight excluding hydrogens is 364 g/mol. The van der Waals surface area contributed by atoms with Gasteiger partial charge in [-0.15, -0.1) is 0 Å². The Balaban J connectivity index is 1.56. The third-order valence-corrected chi connectivity index (χ3v) is 5.91. The predicted octanol–water partition coefficient (Wildman–Crippen LogP) is 1.35. The molecule has 1 amide bonds. The number of carbonyl (C=O) groups excluding carboxylic acids is 1. The number of nitrogens with one attached hydrogen (secondary N) is 1. The number of amides is 1. The molecule has 0 radical (unpaired) electrons. The lowest BCUT2D eigenvalue weighted by atomic mass is 10.1. The van der Waals surface area contributed by atoms with Crippen LogP contribution in [0.1, 0.15) is 21.5 Å². The van der Waals surface area contributed by atoms with Gasteiger partial charge in [-0.05, 0) is 29.8 Å². The number of carbonyl (C=O) groups is 1. The van der Waals surface area contributed by atoms with Gasteiger partial charge in [0, 0.05) is 38.3 Å². The van der Waals surface area contributed by atoms with Crippen LogP contribution in [0.25, 0.3) is 0 Å². The monoisotopic (exact) mass is 384 g/mol. The topological polar surface area (TPSA) is 93.5 Å². The molecule has 8 heteroatoms. The lowest BCUT2D eigenvalue weighted by molar-refractivity contribution is 0.0977. The Morgan fingerprint density at radius 1 is 1.00 bits per heavy atom. The van der Waals surface area contributed by atoms with Gasteiger partial charge in [-0.25, -0.2) is 4.72 Å². The first-order valence-electron chi connectivity index (χ1n) is 8.56. The Morgan fingerprint density at radius 2 is 1.63 bits per heavy atom. The Labute approximate surface area is 159 Å². The molecule has 0 spiro atoms. The summed E-state index contributed by atoms with van der Waals surface area (Å²) in [5.41, 5.74) is 1.78. The molecule has 0 aliphatic carbocycles. The maximum atomic E-state index is 12.5. The second kappa shape index (κ2) is 8.31. The van der Waals surface area contributed by atoms with Crippen LogP contribution in [-0.4, -0.2) is 49.7 Å². The number of nitriles is 1. The van der Waals surface area contributed by atoms with Crippen LogP contribution >= 0.6 is 0 Å². The molecule has 7 nitrogen and oxygen atoms in total. The van der Waals surface area contributed by atoms with E-state index in [4.69, 9.17) is 5.26 Å². The van der Waals surface area contributed by atoms with Gasteiger partial charge >= 0.3 is 10.2 Å². The highest BCUT2D eigenvalue weighted by Crippen LogP contribution is 2.11. The number of hydrogen-bond donors (Lipinski definition) is 1. The average molecular weight is 384 g/mol. The van der Waals surface area contributed by atoms with E-state index in [2.05, 4.69) is 9.62 Å². The fourth-order valence-electron chi connectivity index (χ4n) is 2.91. The molecule has 1 heterocycles. The fourth-order valence-corrected chi connectivity index (χ4v) is 4.03. The highest BCUT2D eigenvalue weighted by atomic mass is 32.2. The van der Waals surface area contributed by atoms with E-state index in [9.17, 15) is 13.2 Å².